The maximum atomic E-state index is 13.7. The molecule has 0 radical (unpaired) electrons. The van der Waals surface area contributed by atoms with Crippen molar-refractivity contribution < 1.29 is 71.2 Å². The first-order chi connectivity index (χ1) is 24.6. The average molecular weight is 709 g/mol. The Bertz CT molecular complexity index is 1750. The topological polar surface area (TPSA) is 162 Å². The van der Waals surface area contributed by atoms with Crippen molar-refractivity contribution in [2.24, 2.45) is 0 Å². The van der Waals surface area contributed by atoms with Gasteiger partial charge >= 0.3 is 17.9 Å². The molecular formula is C36H36O15. The molecule has 0 fully saturated rings. The van der Waals surface area contributed by atoms with Gasteiger partial charge in [-0.15, -0.1) is 0 Å². The summed E-state index contributed by atoms with van der Waals surface area (Å²) in [5.41, 5.74) is -0.0605. The zero-order chi connectivity index (χ0) is 37.2. The van der Waals surface area contributed by atoms with Crippen molar-refractivity contribution in [1.82, 2.24) is 0 Å². The van der Waals surface area contributed by atoms with E-state index in [1.807, 2.05) is 0 Å². The van der Waals surface area contributed by atoms with E-state index < -0.39 is 23.7 Å². The third-order valence-electron chi connectivity index (χ3n) is 7.24. The van der Waals surface area contributed by atoms with Gasteiger partial charge in [-0.1, -0.05) is 6.07 Å². The Kier molecular flexibility index (Phi) is 12.2. The van der Waals surface area contributed by atoms with Crippen molar-refractivity contribution in [2.45, 2.75) is 0 Å². The van der Waals surface area contributed by atoms with Gasteiger partial charge in [-0.05, 0) is 48.5 Å². The second-order valence-electron chi connectivity index (χ2n) is 9.99. The molecule has 0 heterocycles. The lowest BCUT2D eigenvalue weighted by atomic mass is 10.1. The molecule has 0 aliphatic heterocycles. The summed E-state index contributed by atoms with van der Waals surface area (Å²) in [5.74, 6) is -1.97. The number of ether oxygens (including phenoxy) is 12. The third kappa shape index (κ3) is 7.88. The predicted molar refractivity (Wildman–Crippen MR) is 180 cm³/mol. The SMILES string of the molecule is COc1cc(C(=O)Oc2cccc(OC(=O)c3cc(OC)c(OC)c(OC)c3)c2OC(=O)c2cc(OC)c(OC)c(OC)c2)cc(OC)c1OC. The number of esters is 3. The van der Waals surface area contributed by atoms with Crippen LogP contribution >= 0.6 is 0 Å². The Morgan fingerprint density at radius 1 is 0.333 bits per heavy atom. The van der Waals surface area contributed by atoms with Crippen LogP contribution in [-0.2, 0) is 0 Å². The molecule has 4 aromatic carbocycles. The molecule has 4 aromatic rings. The van der Waals surface area contributed by atoms with Gasteiger partial charge in [0.2, 0.25) is 23.0 Å². The van der Waals surface area contributed by atoms with Crippen molar-refractivity contribution in [2.75, 3.05) is 64.0 Å². The highest BCUT2D eigenvalue weighted by molar-refractivity contribution is 5.97. The number of benzene rings is 4. The molecule has 0 aliphatic rings. The van der Waals surface area contributed by atoms with E-state index in [0.29, 0.717) is 0 Å². The lowest BCUT2D eigenvalue weighted by molar-refractivity contribution is 0.0656. The first-order valence-corrected chi connectivity index (χ1v) is 14.8. The van der Waals surface area contributed by atoms with Gasteiger partial charge in [0.1, 0.15) is 0 Å². The van der Waals surface area contributed by atoms with E-state index in [4.69, 9.17) is 56.8 Å². The van der Waals surface area contributed by atoms with Crippen molar-refractivity contribution in [1.29, 1.82) is 0 Å². The molecule has 15 heteroatoms. The Morgan fingerprint density at radius 3 is 0.824 bits per heavy atom. The van der Waals surface area contributed by atoms with Crippen LogP contribution in [0.15, 0.2) is 54.6 Å². The van der Waals surface area contributed by atoms with Gasteiger partial charge in [0.05, 0.1) is 80.7 Å². The highest BCUT2D eigenvalue weighted by atomic mass is 16.6. The number of carbonyl (C=O) groups excluding carboxylic acids is 3. The van der Waals surface area contributed by atoms with Crippen molar-refractivity contribution in [3.63, 3.8) is 0 Å². The van der Waals surface area contributed by atoms with Crippen LogP contribution in [0.2, 0.25) is 0 Å². The molecule has 0 spiro atoms. The monoisotopic (exact) mass is 708 g/mol. The summed E-state index contributed by atoms with van der Waals surface area (Å²) in [6, 6.07) is 12.3. The number of methoxy groups -OCH3 is 9. The Labute approximate surface area is 293 Å². The smallest absolute Gasteiger partial charge is 0.344 e. The number of rotatable bonds is 15. The fourth-order valence-corrected chi connectivity index (χ4v) is 4.82. The highest BCUT2D eigenvalue weighted by Crippen LogP contribution is 2.43. The van der Waals surface area contributed by atoms with Gasteiger partial charge < -0.3 is 56.8 Å². The summed E-state index contributed by atoms with van der Waals surface area (Å²) in [7, 11) is 12.5. The number of carbonyl (C=O) groups is 3. The van der Waals surface area contributed by atoms with Gasteiger partial charge in [-0.2, -0.15) is 0 Å². The molecule has 0 aromatic heterocycles. The van der Waals surface area contributed by atoms with Crippen LogP contribution in [0.4, 0.5) is 0 Å². The maximum absolute atomic E-state index is 13.7. The molecule has 0 amide bonds. The van der Waals surface area contributed by atoms with Crippen LogP contribution in [0, 0.1) is 0 Å². The van der Waals surface area contributed by atoms with Crippen LogP contribution in [0.5, 0.6) is 69.0 Å². The molecule has 0 saturated carbocycles. The van der Waals surface area contributed by atoms with E-state index in [9.17, 15) is 14.4 Å². The summed E-state index contributed by atoms with van der Waals surface area (Å²) in [6.45, 7) is 0. The molecule has 51 heavy (non-hydrogen) atoms. The molecule has 270 valence electrons. The second-order valence-corrected chi connectivity index (χ2v) is 9.99. The average Bonchev–Trinajstić information content (AvgIpc) is 3.16. The molecule has 0 bridgehead atoms. The van der Waals surface area contributed by atoms with Gasteiger partial charge in [-0.3, -0.25) is 0 Å². The maximum Gasteiger partial charge on any atom is 0.344 e. The minimum absolute atomic E-state index is 0.00813. The largest absolute Gasteiger partial charge is 0.493 e. The summed E-state index contributed by atoms with van der Waals surface area (Å²) in [5, 5.41) is 0. The van der Waals surface area contributed by atoms with E-state index in [1.165, 1.54) is 119 Å². The Hall–Kier alpha value is -6.51. The zero-order valence-electron chi connectivity index (χ0n) is 29.3. The highest BCUT2D eigenvalue weighted by Gasteiger charge is 2.27. The second kappa shape index (κ2) is 16.7. The van der Waals surface area contributed by atoms with E-state index in [0.717, 1.165) is 0 Å². The number of hydrogen-bond donors (Lipinski definition) is 0. The normalized spacial score (nSPS) is 10.3. The van der Waals surface area contributed by atoms with Gasteiger partial charge in [0.15, 0.2) is 46.0 Å². The number of para-hydroxylation sites is 1. The van der Waals surface area contributed by atoms with Gasteiger partial charge in [-0.25, -0.2) is 14.4 Å². The summed E-state index contributed by atoms with van der Waals surface area (Å²) in [6.07, 6.45) is 0. The Morgan fingerprint density at radius 2 is 0.588 bits per heavy atom. The van der Waals surface area contributed by atoms with Gasteiger partial charge in [0.25, 0.3) is 0 Å². The molecule has 0 atom stereocenters. The van der Waals surface area contributed by atoms with E-state index >= 15 is 0 Å². The molecular weight excluding hydrogens is 672 g/mol. The summed E-state index contributed by atoms with van der Waals surface area (Å²) in [4.78, 5) is 40.8. The van der Waals surface area contributed by atoms with E-state index in [2.05, 4.69) is 0 Å². The molecule has 0 saturated heterocycles. The first-order valence-electron chi connectivity index (χ1n) is 14.8. The third-order valence-corrected chi connectivity index (χ3v) is 7.24. The lowest BCUT2D eigenvalue weighted by Gasteiger charge is -2.17. The standard InChI is InChI=1S/C36H36O15/c1-40-24-13-19(14-25(41-2)30(24)46-7)34(37)49-22-11-10-12-23(50-35(38)20-15-26(42-3)31(47-8)27(16-20)43-4)33(22)51-36(39)21-17-28(44-5)32(48-9)29(18-21)45-6/h10-18H,1-9H3. The molecule has 0 N–H and O–H groups in total. The first kappa shape index (κ1) is 37.3. The van der Waals surface area contributed by atoms with Crippen LogP contribution in [-0.4, -0.2) is 81.9 Å². The minimum atomic E-state index is -0.962. The summed E-state index contributed by atoms with van der Waals surface area (Å²) >= 11 is 0. The van der Waals surface area contributed by atoms with Crippen molar-refractivity contribution in [3.8, 4) is 69.0 Å². The van der Waals surface area contributed by atoms with Crippen LogP contribution in [0.3, 0.4) is 0 Å². The van der Waals surface area contributed by atoms with Crippen LogP contribution in [0.25, 0.3) is 0 Å². The molecule has 4 rings (SSSR count). The minimum Gasteiger partial charge on any atom is -0.493 e. The Balaban J connectivity index is 1.81. The van der Waals surface area contributed by atoms with Crippen molar-refractivity contribution in [3.05, 3.63) is 71.3 Å². The quantitative estimate of drug-likeness (QED) is 0.114. The van der Waals surface area contributed by atoms with E-state index in [1.54, 1.807) is 0 Å². The molecule has 0 aliphatic carbocycles. The zero-order valence-corrected chi connectivity index (χ0v) is 29.3. The predicted octanol–water partition coefficient (Wildman–Crippen LogP) is 5.42. The van der Waals surface area contributed by atoms with Crippen molar-refractivity contribution >= 4 is 17.9 Å². The lowest BCUT2D eigenvalue weighted by Crippen LogP contribution is -2.16. The molecule has 15 nitrogen and oxygen atoms in total. The molecule has 0 unspecified atom stereocenters. The van der Waals surface area contributed by atoms with E-state index in [-0.39, 0.29) is 79.9 Å². The fourth-order valence-electron chi connectivity index (χ4n) is 4.82. The summed E-state index contributed by atoms with van der Waals surface area (Å²) < 4.78 is 65.4. The van der Waals surface area contributed by atoms with Crippen LogP contribution < -0.4 is 56.8 Å². The van der Waals surface area contributed by atoms with Crippen LogP contribution in [0.1, 0.15) is 31.1 Å². The fraction of sp³-hybridized carbons (Fsp3) is 0.250. The number of hydrogen-bond acceptors (Lipinski definition) is 15. The van der Waals surface area contributed by atoms with Gasteiger partial charge in [0, 0.05) is 0 Å².